The number of hydrogen-bond acceptors (Lipinski definition) is 4. The third kappa shape index (κ3) is 2.40. The van der Waals surface area contributed by atoms with Crippen LogP contribution in [0.15, 0.2) is 48.0 Å². The zero-order chi connectivity index (χ0) is 16.4. The van der Waals surface area contributed by atoms with Crippen molar-refractivity contribution in [2.45, 2.75) is 0 Å². The fourth-order valence-corrected chi connectivity index (χ4v) is 2.55. The molecular weight excluding hydrogens is 292 g/mol. The predicted molar refractivity (Wildman–Crippen MR) is 84.6 cm³/mol. The molecule has 113 valence electrons. The lowest BCUT2D eigenvalue weighted by atomic mass is 9.89. The summed E-state index contributed by atoms with van der Waals surface area (Å²) in [5.74, 6) is 0.329. The van der Waals surface area contributed by atoms with Gasteiger partial charge in [0.05, 0.1) is 5.56 Å². The van der Waals surface area contributed by atoms with Crippen LogP contribution >= 0.6 is 0 Å². The van der Waals surface area contributed by atoms with E-state index in [4.69, 9.17) is 4.74 Å². The molecule has 1 amide bonds. The van der Waals surface area contributed by atoms with Crippen LogP contribution in [0.2, 0.25) is 0 Å². The quantitative estimate of drug-likeness (QED) is 0.563. The molecule has 5 nitrogen and oxygen atoms in total. The Balaban J connectivity index is 2.36. The second-order valence-electron chi connectivity index (χ2n) is 4.87. The van der Waals surface area contributed by atoms with Gasteiger partial charge in [0.15, 0.2) is 0 Å². The minimum atomic E-state index is -0.539. The van der Waals surface area contributed by atoms with E-state index in [1.165, 1.54) is 6.07 Å². The summed E-state index contributed by atoms with van der Waals surface area (Å²) >= 11 is 0. The number of amides is 1. The van der Waals surface area contributed by atoms with Gasteiger partial charge in [-0.15, -0.1) is 0 Å². The molecule has 1 aliphatic heterocycles. The largest absolute Gasteiger partial charge is 0.507 e. The molecule has 2 N–H and O–H groups in total. The molecule has 5 heteroatoms. The van der Waals surface area contributed by atoms with Gasteiger partial charge in [-0.1, -0.05) is 24.3 Å². The Bertz CT molecular complexity index is 863. The fraction of sp³-hybridized carbons (Fsp3) is 0.0556. The first-order valence-electron chi connectivity index (χ1n) is 6.98. The van der Waals surface area contributed by atoms with Crippen LogP contribution in [0.1, 0.15) is 11.1 Å². The predicted octanol–water partition coefficient (Wildman–Crippen LogP) is 2.77. The highest BCUT2D eigenvalue weighted by Crippen LogP contribution is 2.48. The van der Waals surface area contributed by atoms with E-state index in [-0.39, 0.29) is 17.9 Å². The highest BCUT2D eigenvalue weighted by Gasteiger charge is 2.29. The van der Waals surface area contributed by atoms with E-state index in [0.717, 1.165) is 0 Å². The first-order chi connectivity index (χ1) is 11.2. The zero-order valence-corrected chi connectivity index (χ0v) is 12.2. The molecule has 0 unspecified atom stereocenters. The molecule has 2 aromatic rings. The van der Waals surface area contributed by atoms with E-state index in [9.17, 15) is 15.2 Å². The zero-order valence-electron chi connectivity index (χ0n) is 12.2. The summed E-state index contributed by atoms with van der Waals surface area (Å²) in [4.78, 5) is 12.3. The Labute approximate surface area is 133 Å². The van der Waals surface area contributed by atoms with Crippen LogP contribution in [0, 0.1) is 18.3 Å². The molecular formula is C18H13N2O3. The van der Waals surface area contributed by atoms with Crippen molar-refractivity contribution >= 4 is 11.5 Å². The molecule has 0 spiro atoms. The maximum absolute atomic E-state index is 12.3. The number of ether oxygens (including phenoxy) is 1. The lowest BCUT2D eigenvalue weighted by Crippen LogP contribution is -2.25. The summed E-state index contributed by atoms with van der Waals surface area (Å²) in [6, 6.07) is 13.8. The summed E-state index contributed by atoms with van der Waals surface area (Å²) < 4.78 is 5.78. The normalized spacial score (nSPS) is 13.9. The number of nitrogens with zero attached hydrogens (tertiary/aromatic N) is 1. The molecule has 3 rings (SSSR count). The van der Waals surface area contributed by atoms with Crippen molar-refractivity contribution in [2.75, 3.05) is 6.54 Å². The number of phenols is 1. The van der Waals surface area contributed by atoms with Gasteiger partial charge in [0, 0.05) is 17.7 Å². The summed E-state index contributed by atoms with van der Waals surface area (Å²) in [6.07, 6.45) is 0. The SMILES string of the molecule is [CH2]CNC(=O)/C(C#N)=C1\c2ccccc2Oc2cccc(O)c21. The highest BCUT2D eigenvalue weighted by molar-refractivity contribution is 6.10. The molecule has 2 aromatic carbocycles. The van der Waals surface area contributed by atoms with Gasteiger partial charge in [-0.3, -0.25) is 4.79 Å². The Morgan fingerprint density at radius 2 is 1.96 bits per heavy atom. The standard InChI is InChI=1S/C18H13N2O3/c1-2-20-18(22)12(10-19)16-11-6-3-4-8-14(11)23-15-9-5-7-13(21)17(15)16/h3-9,21H,1-2H2,(H,20,22)/b16-12+. The van der Waals surface area contributed by atoms with Crippen LogP contribution in [0.3, 0.4) is 0 Å². The third-order valence-corrected chi connectivity index (χ3v) is 3.50. The molecule has 0 atom stereocenters. The number of rotatable bonds is 2. The van der Waals surface area contributed by atoms with Gasteiger partial charge in [-0.05, 0) is 25.1 Å². The number of carbonyl (C=O) groups is 1. The van der Waals surface area contributed by atoms with Crippen molar-refractivity contribution in [1.82, 2.24) is 5.32 Å². The molecule has 0 aromatic heterocycles. The third-order valence-electron chi connectivity index (χ3n) is 3.50. The number of nitriles is 1. The van der Waals surface area contributed by atoms with Gasteiger partial charge >= 0.3 is 0 Å². The Morgan fingerprint density at radius 3 is 2.70 bits per heavy atom. The van der Waals surface area contributed by atoms with Gasteiger partial charge in [0.2, 0.25) is 0 Å². The first kappa shape index (κ1) is 14.7. The molecule has 1 aliphatic rings. The van der Waals surface area contributed by atoms with E-state index in [1.807, 2.05) is 6.07 Å². The summed E-state index contributed by atoms with van der Waals surface area (Å²) in [5.41, 5.74) is 1.18. The van der Waals surface area contributed by atoms with Crippen LogP contribution in [0.5, 0.6) is 17.2 Å². The summed E-state index contributed by atoms with van der Waals surface area (Å²) in [6.45, 7) is 3.71. The van der Waals surface area contributed by atoms with Crippen molar-refractivity contribution in [3.63, 3.8) is 0 Å². The number of aromatic hydroxyl groups is 1. The van der Waals surface area contributed by atoms with Crippen LogP contribution in [0.4, 0.5) is 0 Å². The minimum absolute atomic E-state index is 0.0535. The number of para-hydroxylation sites is 1. The summed E-state index contributed by atoms with van der Waals surface area (Å²) in [7, 11) is 0. The molecule has 1 heterocycles. The maximum atomic E-state index is 12.3. The lowest BCUT2D eigenvalue weighted by Gasteiger charge is -2.24. The van der Waals surface area contributed by atoms with Crippen LogP contribution < -0.4 is 10.1 Å². The van der Waals surface area contributed by atoms with Gasteiger partial charge in [-0.25, -0.2) is 0 Å². The topological polar surface area (TPSA) is 82.4 Å². The Hall–Kier alpha value is -3.26. The van der Waals surface area contributed by atoms with Crippen LogP contribution in [-0.4, -0.2) is 17.6 Å². The second-order valence-corrected chi connectivity index (χ2v) is 4.87. The number of benzene rings is 2. The van der Waals surface area contributed by atoms with Crippen molar-refractivity contribution in [3.05, 3.63) is 66.1 Å². The average molecular weight is 305 g/mol. The monoisotopic (exact) mass is 305 g/mol. The van der Waals surface area contributed by atoms with E-state index >= 15 is 0 Å². The molecule has 0 saturated heterocycles. The molecule has 0 aliphatic carbocycles. The molecule has 1 radical (unpaired) electrons. The van der Waals surface area contributed by atoms with Crippen molar-refractivity contribution in [1.29, 1.82) is 5.26 Å². The van der Waals surface area contributed by atoms with Gasteiger partial charge in [0.25, 0.3) is 5.91 Å². The average Bonchev–Trinajstić information content (AvgIpc) is 2.55. The van der Waals surface area contributed by atoms with Crippen molar-refractivity contribution in [2.24, 2.45) is 0 Å². The molecule has 0 saturated carbocycles. The van der Waals surface area contributed by atoms with Gasteiger partial charge in [0.1, 0.15) is 28.9 Å². The number of hydrogen-bond donors (Lipinski definition) is 2. The van der Waals surface area contributed by atoms with Crippen molar-refractivity contribution in [3.8, 4) is 23.3 Å². The fourth-order valence-electron chi connectivity index (χ4n) is 2.55. The van der Waals surface area contributed by atoms with E-state index < -0.39 is 5.91 Å². The first-order valence-corrected chi connectivity index (χ1v) is 6.98. The van der Waals surface area contributed by atoms with Crippen molar-refractivity contribution < 1.29 is 14.6 Å². The molecule has 0 bridgehead atoms. The second kappa shape index (κ2) is 5.85. The molecule has 0 fully saturated rings. The van der Waals surface area contributed by atoms with E-state index in [2.05, 4.69) is 12.2 Å². The lowest BCUT2D eigenvalue weighted by molar-refractivity contribution is -0.116. The smallest absolute Gasteiger partial charge is 0.262 e. The maximum Gasteiger partial charge on any atom is 0.262 e. The number of carbonyl (C=O) groups excluding carboxylic acids is 1. The Morgan fingerprint density at radius 1 is 1.22 bits per heavy atom. The summed E-state index contributed by atoms with van der Waals surface area (Å²) in [5, 5.41) is 22.3. The van der Waals surface area contributed by atoms with E-state index in [1.54, 1.807) is 36.4 Å². The number of fused-ring (bicyclic) bond motifs is 2. The number of nitrogens with one attached hydrogen (secondary N) is 1. The molecule has 23 heavy (non-hydrogen) atoms. The minimum Gasteiger partial charge on any atom is -0.507 e. The Kier molecular flexibility index (Phi) is 3.73. The van der Waals surface area contributed by atoms with Gasteiger partial charge in [-0.2, -0.15) is 5.26 Å². The highest BCUT2D eigenvalue weighted by atomic mass is 16.5. The van der Waals surface area contributed by atoms with Crippen LogP contribution in [0.25, 0.3) is 5.57 Å². The van der Waals surface area contributed by atoms with Gasteiger partial charge < -0.3 is 15.2 Å². The van der Waals surface area contributed by atoms with E-state index in [0.29, 0.717) is 28.2 Å². The number of phenolic OH excluding ortho intramolecular Hbond substituents is 1. The van der Waals surface area contributed by atoms with Crippen LogP contribution in [-0.2, 0) is 4.79 Å².